The van der Waals surface area contributed by atoms with Crippen LogP contribution in [0.4, 0.5) is 18.9 Å². The van der Waals surface area contributed by atoms with E-state index in [0.717, 1.165) is 32.0 Å². The summed E-state index contributed by atoms with van der Waals surface area (Å²) >= 11 is 0. The van der Waals surface area contributed by atoms with Crippen molar-refractivity contribution in [3.05, 3.63) is 24.0 Å². The van der Waals surface area contributed by atoms with Crippen LogP contribution >= 0.6 is 0 Å². The molecule has 148 valence electrons. The van der Waals surface area contributed by atoms with Crippen LogP contribution in [0.2, 0.25) is 0 Å². The highest BCUT2D eigenvalue weighted by atomic mass is 19.4. The number of fused-ring (bicyclic) bond motifs is 1. The Bertz CT molecular complexity index is 654. The number of likely N-dealkylation sites (tertiary alicyclic amines) is 1. The van der Waals surface area contributed by atoms with Crippen LogP contribution in [0.25, 0.3) is 0 Å². The first-order valence-corrected chi connectivity index (χ1v) is 9.99. The molecule has 2 unspecified atom stereocenters. The van der Waals surface area contributed by atoms with Gasteiger partial charge < -0.3 is 9.80 Å². The van der Waals surface area contributed by atoms with Crippen molar-refractivity contribution in [1.29, 1.82) is 0 Å². The van der Waals surface area contributed by atoms with Crippen LogP contribution in [-0.2, 0) is 11.0 Å². The standard InChI is InChI=1S/C20H26F3N3O/c21-20(22,23)18-6-5-17(11-24-18)25-9-7-14(8-10-25)19(27)26-12-15-3-1-2-4-16(15)13-26/h5-6,11,14-16H,1-4,7-10,12-13H2. The van der Waals surface area contributed by atoms with Crippen molar-refractivity contribution >= 4 is 11.6 Å². The van der Waals surface area contributed by atoms with E-state index >= 15 is 0 Å². The fraction of sp³-hybridized carbons (Fsp3) is 0.700. The van der Waals surface area contributed by atoms with Crippen LogP contribution in [0, 0.1) is 17.8 Å². The maximum Gasteiger partial charge on any atom is 0.433 e. The molecule has 3 heterocycles. The van der Waals surface area contributed by atoms with Gasteiger partial charge in [-0.2, -0.15) is 13.2 Å². The average Bonchev–Trinajstić information content (AvgIpc) is 3.11. The van der Waals surface area contributed by atoms with E-state index in [4.69, 9.17) is 0 Å². The van der Waals surface area contributed by atoms with E-state index in [-0.39, 0.29) is 11.8 Å². The number of nitrogens with zero attached hydrogens (tertiary/aromatic N) is 3. The van der Waals surface area contributed by atoms with Crippen molar-refractivity contribution in [3.63, 3.8) is 0 Å². The van der Waals surface area contributed by atoms with Gasteiger partial charge >= 0.3 is 6.18 Å². The number of aromatic nitrogens is 1. The molecule has 0 aromatic carbocycles. The molecule has 1 amide bonds. The Morgan fingerprint density at radius 2 is 1.63 bits per heavy atom. The lowest BCUT2D eigenvalue weighted by Gasteiger charge is -2.34. The predicted octanol–water partition coefficient (Wildman–Crippen LogP) is 3.97. The zero-order valence-corrected chi connectivity index (χ0v) is 15.4. The summed E-state index contributed by atoms with van der Waals surface area (Å²) in [6, 6.07) is 2.50. The molecule has 4 rings (SSSR count). The maximum absolute atomic E-state index is 12.9. The highest BCUT2D eigenvalue weighted by molar-refractivity contribution is 5.79. The van der Waals surface area contributed by atoms with E-state index in [0.29, 0.717) is 30.6 Å². The van der Waals surface area contributed by atoms with Crippen LogP contribution in [0.1, 0.15) is 44.2 Å². The lowest BCUT2D eigenvalue weighted by atomic mass is 9.82. The van der Waals surface area contributed by atoms with Gasteiger partial charge in [0, 0.05) is 32.1 Å². The van der Waals surface area contributed by atoms with Crippen molar-refractivity contribution in [3.8, 4) is 0 Å². The van der Waals surface area contributed by atoms with Crippen molar-refractivity contribution in [2.75, 3.05) is 31.1 Å². The molecule has 1 saturated carbocycles. The minimum Gasteiger partial charge on any atom is -0.370 e. The van der Waals surface area contributed by atoms with Gasteiger partial charge in [-0.1, -0.05) is 12.8 Å². The minimum absolute atomic E-state index is 0.0452. The van der Waals surface area contributed by atoms with Crippen LogP contribution in [0.15, 0.2) is 18.3 Å². The molecule has 3 fully saturated rings. The first-order chi connectivity index (χ1) is 12.9. The number of halogens is 3. The van der Waals surface area contributed by atoms with Gasteiger partial charge in [0.05, 0.1) is 11.9 Å². The lowest BCUT2D eigenvalue weighted by Crippen LogP contribution is -2.42. The van der Waals surface area contributed by atoms with E-state index in [1.165, 1.54) is 37.9 Å². The predicted molar refractivity (Wildman–Crippen MR) is 96.2 cm³/mol. The second kappa shape index (κ2) is 7.32. The van der Waals surface area contributed by atoms with E-state index in [1.807, 2.05) is 4.90 Å². The van der Waals surface area contributed by atoms with Crippen LogP contribution in [0.3, 0.4) is 0 Å². The SMILES string of the molecule is O=C(C1CCN(c2ccc(C(F)(F)F)nc2)CC1)N1CC2CCCCC2C1. The van der Waals surface area contributed by atoms with Gasteiger partial charge in [0.25, 0.3) is 0 Å². The molecule has 4 nitrogen and oxygen atoms in total. The summed E-state index contributed by atoms with van der Waals surface area (Å²) in [5, 5.41) is 0. The molecule has 1 aromatic rings. The molecular formula is C20H26F3N3O. The lowest BCUT2D eigenvalue weighted by molar-refractivity contribution is -0.141. The van der Waals surface area contributed by atoms with Gasteiger partial charge in [0.15, 0.2) is 0 Å². The number of carbonyl (C=O) groups is 1. The van der Waals surface area contributed by atoms with Gasteiger partial charge in [0.2, 0.25) is 5.91 Å². The summed E-state index contributed by atoms with van der Waals surface area (Å²) in [6.07, 6.45) is 3.49. The normalized spacial score (nSPS) is 26.9. The van der Waals surface area contributed by atoms with Crippen LogP contribution < -0.4 is 4.90 Å². The Morgan fingerprint density at radius 1 is 1.00 bits per heavy atom. The molecule has 0 bridgehead atoms. The molecule has 0 spiro atoms. The summed E-state index contributed by atoms with van der Waals surface area (Å²) in [7, 11) is 0. The number of amides is 1. The topological polar surface area (TPSA) is 36.4 Å². The zero-order chi connectivity index (χ0) is 19.0. The van der Waals surface area contributed by atoms with Crippen molar-refractivity contribution in [2.24, 2.45) is 17.8 Å². The fourth-order valence-corrected chi connectivity index (χ4v) is 4.97. The molecule has 7 heteroatoms. The molecule has 27 heavy (non-hydrogen) atoms. The molecular weight excluding hydrogens is 355 g/mol. The highest BCUT2D eigenvalue weighted by Crippen LogP contribution is 2.37. The fourth-order valence-electron chi connectivity index (χ4n) is 4.97. The monoisotopic (exact) mass is 381 g/mol. The van der Waals surface area contributed by atoms with Crippen molar-refractivity contribution in [2.45, 2.75) is 44.7 Å². The average molecular weight is 381 g/mol. The Kier molecular flexibility index (Phi) is 5.03. The molecule has 1 aliphatic carbocycles. The summed E-state index contributed by atoms with van der Waals surface area (Å²) in [5.74, 6) is 1.72. The first kappa shape index (κ1) is 18.6. The van der Waals surface area contributed by atoms with Crippen molar-refractivity contribution in [1.82, 2.24) is 9.88 Å². The van der Waals surface area contributed by atoms with E-state index in [9.17, 15) is 18.0 Å². The summed E-state index contributed by atoms with van der Waals surface area (Å²) in [5.41, 5.74) is -0.173. The van der Waals surface area contributed by atoms with E-state index in [2.05, 4.69) is 9.88 Å². The number of pyridine rings is 1. The minimum atomic E-state index is -4.41. The van der Waals surface area contributed by atoms with Gasteiger partial charge in [-0.05, 0) is 49.7 Å². The van der Waals surface area contributed by atoms with Gasteiger partial charge in [0.1, 0.15) is 5.69 Å². The van der Waals surface area contributed by atoms with Gasteiger partial charge in [-0.15, -0.1) is 0 Å². The van der Waals surface area contributed by atoms with Crippen LogP contribution in [0.5, 0.6) is 0 Å². The molecule has 0 N–H and O–H groups in total. The first-order valence-electron chi connectivity index (χ1n) is 9.99. The van der Waals surface area contributed by atoms with Gasteiger partial charge in [-0.3, -0.25) is 4.79 Å². The second-order valence-electron chi connectivity index (χ2n) is 8.21. The van der Waals surface area contributed by atoms with E-state index < -0.39 is 11.9 Å². The van der Waals surface area contributed by atoms with Crippen LogP contribution in [-0.4, -0.2) is 42.0 Å². The quantitative estimate of drug-likeness (QED) is 0.778. The number of hydrogen-bond acceptors (Lipinski definition) is 3. The maximum atomic E-state index is 12.9. The third kappa shape index (κ3) is 3.92. The Morgan fingerprint density at radius 3 is 2.15 bits per heavy atom. The largest absolute Gasteiger partial charge is 0.433 e. The number of alkyl halides is 3. The molecule has 2 atom stereocenters. The second-order valence-corrected chi connectivity index (χ2v) is 8.21. The third-order valence-corrected chi connectivity index (χ3v) is 6.54. The Balaban J connectivity index is 1.31. The summed E-state index contributed by atoms with van der Waals surface area (Å²) < 4.78 is 37.9. The molecule has 1 aromatic heterocycles. The third-order valence-electron chi connectivity index (χ3n) is 6.54. The number of rotatable bonds is 2. The molecule has 3 aliphatic rings. The number of carbonyl (C=O) groups excluding carboxylic acids is 1. The van der Waals surface area contributed by atoms with E-state index in [1.54, 1.807) is 0 Å². The summed E-state index contributed by atoms with van der Waals surface area (Å²) in [6.45, 7) is 3.22. The van der Waals surface area contributed by atoms with Gasteiger partial charge in [-0.25, -0.2) is 4.98 Å². The smallest absolute Gasteiger partial charge is 0.370 e. The molecule has 2 saturated heterocycles. The highest BCUT2D eigenvalue weighted by Gasteiger charge is 2.39. The molecule has 2 aliphatic heterocycles. The van der Waals surface area contributed by atoms with Crippen molar-refractivity contribution < 1.29 is 18.0 Å². The summed E-state index contributed by atoms with van der Waals surface area (Å²) in [4.78, 5) is 20.6. The Labute approximate surface area is 157 Å². The number of anilines is 1. The molecule has 0 radical (unpaired) electrons. The number of piperidine rings is 1. The Hall–Kier alpha value is -1.79. The number of hydrogen-bond donors (Lipinski definition) is 0. The zero-order valence-electron chi connectivity index (χ0n) is 15.4.